The van der Waals surface area contributed by atoms with Gasteiger partial charge in [0.2, 0.25) is 5.91 Å². The van der Waals surface area contributed by atoms with Crippen LogP contribution >= 0.6 is 0 Å². The van der Waals surface area contributed by atoms with Crippen LogP contribution < -0.4 is 10.6 Å². The Labute approximate surface area is 134 Å². The molecular weight excluding hydrogens is 278 g/mol. The summed E-state index contributed by atoms with van der Waals surface area (Å²) >= 11 is 0. The minimum Gasteiger partial charge on any atom is -0.359 e. The highest BCUT2D eigenvalue weighted by atomic mass is 16.2. The molecule has 2 aliphatic carbocycles. The second kappa shape index (κ2) is 8.39. The summed E-state index contributed by atoms with van der Waals surface area (Å²) in [7, 11) is 3.59. The fraction of sp³-hybridized carbons (Fsp3) is 0.882. The first-order valence-electron chi connectivity index (χ1n) is 8.83. The van der Waals surface area contributed by atoms with E-state index in [1.807, 2.05) is 11.9 Å². The lowest BCUT2D eigenvalue weighted by molar-refractivity contribution is -0.125. The Morgan fingerprint density at radius 2 is 1.64 bits per heavy atom. The van der Waals surface area contributed by atoms with Gasteiger partial charge in [0, 0.05) is 32.6 Å². The van der Waals surface area contributed by atoms with Crippen LogP contribution in [0.1, 0.15) is 57.8 Å². The Kier molecular flexibility index (Phi) is 6.52. The summed E-state index contributed by atoms with van der Waals surface area (Å²) in [5, 5.41) is 5.86. The van der Waals surface area contributed by atoms with Gasteiger partial charge in [-0.15, -0.1) is 0 Å². The second-order valence-electron chi connectivity index (χ2n) is 7.00. The lowest BCUT2D eigenvalue weighted by Crippen LogP contribution is -2.46. The van der Waals surface area contributed by atoms with Crippen LogP contribution in [0.15, 0.2) is 0 Å². The van der Waals surface area contributed by atoms with Gasteiger partial charge in [0.25, 0.3) is 0 Å². The van der Waals surface area contributed by atoms with Gasteiger partial charge in [-0.25, -0.2) is 4.79 Å². The summed E-state index contributed by atoms with van der Waals surface area (Å²) in [6, 6.07) is 0.274. The van der Waals surface area contributed by atoms with Gasteiger partial charge >= 0.3 is 6.03 Å². The van der Waals surface area contributed by atoms with Gasteiger partial charge in [0.15, 0.2) is 0 Å². The highest BCUT2D eigenvalue weighted by molar-refractivity contribution is 5.78. The molecule has 0 aliphatic heterocycles. The van der Waals surface area contributed by atoms with E-state index in [4.69, 9.17) is 0 Å². The lowest BCUT2D eigenvalue weighted by atomic mass is 9.85. The molecule has 0 bridgehead atoms. The molecule has 0 heterocycles. The minimum atomic E-state index is 0.0500. The predicted octanol–water partition coefficient (Wildman–Crippen LogP) is 2.51. The van der Waals surface area contributed by atoms with E-state index >= 15 is 0 Å². The number of carbonyl (C=O) groups is 2. The van der Waals surface area contributed by atoms with Crippen molar-refractivity contribution in [2.24, 2.45) is 11.8 Å². The van der Waals surface area contributed by atoms with Crippen LogP contribution in [0.5, 0.6) is 0 Å². The second-order valence-corrected chi connectivity index (χ2v) is 7.00. The maximum absolute atomic E-state index is 12.3. The largest absolute Gasteiger partial charge is 0.359 e. The fourth-order valence-corrected chi connectivity index (χ4v) is 3.83. The van der Waals surface area contributed by atoms with Crippen molar-refractivity contribution >= 4 is 11.9 Å². The molecule has 0 radical (unpaired) electrons. The third kappa shape index (κ3) is 4.89. The molecule has 0 spiro atoms. The number of carbonyl (C=O) groups excluding carboxylic acids is 2. The van der Waals surface area contributed by atoms with Crippen LogP contribution in [-0.2, 0) is 4.79 Å². The SMILES string of the molecule is CNC(=O)C1CCC(NC(=O)N(C)CC2CCCCC2)CC1. The maximum Gasteiger partial charge on any atom is 0.317 e. The molecule has 0 aromatic heterocycles. The molecular formula is C17H31N3O2. The molecule has 0 saturated heterocycles. The fourth-order valence-electron chi connectivity index (χ4n) is 3.83. The topological polar surface area (TPSA) is 61.4 Å². The first kappa shape index (κ1) is 17.1. The third-order valence-corrected chi connectivity index (χ3v) is 5.28. The summed E-state index contributed by atoms with van der Waals surface area (Å²) < 4.78 is 0. The van der Waals surface area contributed by atoms with Gasteiger partial charge < -0.3 is 15.5 Å². The molecule has 3 amide bonds. The molecule has 0 unspecified atom stereocenters. The van der Waals surface area contributed by atoms with Crippen LogP contribution in [0, 0.1) is 11.8 Å². The molecule has 5 heteroatoms. The normalized spacial score (nSPS) is 26.3. The van der Waals surface area contributed by atoms with E-state index in [0.29, 0.717) is 5.92 Å². The maximum atomic E-state index is 12.3. The lowest BCUT2D eigenvalue weighted by Gasteiger charge is -2.31. The molecule has 2 saturated carbocycles. The Morgan fingerprint density at radius 3 is 2.23 bits per heavy atom. The zero-order valence-corrected chi connectivity index (χ0v) is 14.1. The summed E-state index contributed by atoms with van der Waals surface area (Å²) in [5.74, 6) is 0.936. The van der Waals surface area contributed by atoms with E-state index in [9.17, 15) is 9.59 Å². The van der Waals surface area contributed by atoms with Crippen molar-refractivity contribution in [3.8, 4) is 0 Å². The average molecular weight is 309 g/mol. The van der Waals surface area contributed by atoms with E-state index in [2.05, 4.69) is 10.6 Å². The molecule has 2 N–H and O–H groups in total. The number of nitrogens with zero attached hydrogens (tertiary/aromatic N) is 1. The van der Waals surface area contributed by atoms with E-state index < -0.39 is 0 Å². The molecule has 0 atom stereocenters. The number of hydrogen-bond acceptors (Lipinski definition) is 2. The predicted molar refractivity (Wildman–Crippen MR) is 87.5 cm³/mol. The van der Waals surface area contributed by atoms with Crippen molar-refractivity contribution in [1.82, 2.24) is 15.5 Å². The average Bonchev–Trinajstić information content (AvgIpc) is 2.55. The molecule has 2 rings (SSSR count). The van der Waals surface area contributed by atoms with Gasteiger partial charge in [-0.05, 0) is 44.4 Å². The first-order chi connectivity index (χ1) is 10.6. The van der Waals surface area contributed by atoms with E-state index in [1.165, 1.54) is 32.1 Å². The highest BCUT2D eigenvalue weighted by Gasteiger charge is 2.27. The molecule has 2 aliphatic rings. The number of urea groups is 1. The van der Waals surface area contributed by atoms with Crippen molar-refractivity contribution in [1.29, 1.82) is 0 Å². The summed E-state index contributed by atoms with van der Waals surface area (Å²) in [6.07, 6.45) is 10.0. The van der Waals surface area contributed by atoms with E-state index in [-0.39, 0.29) is 23.9 Å². The van der Waals surface area contributed by atoms with Gasteiger partial charge in [-0.1, -0.05) is 19.3 Å². The Hall–Kier alpha value is -1.26. The quantitative estimate of drug-likeness (QED) is 0.838. The van der Waals surface area contributed by atoms with Crippen LogP contribution in [-0.4, -0.2) is 43.5 Å². The molecule has 0 aromatic rings. The number of rotatable bonds is 4. The van der Waals surface area contributed by atoms with Crippen LogP contribution in [0.2, 0.25) is 0 Å². The van der Waals surface area contributed by atoms with Gasteiger partial charge in [-0.2, -0.15) is 0 Å². The van der Waals surface area contributed by atoms with E-state index in [1.54, 1.807) is 7.05 Å². The molecule has 2 fully saturated rings. The smallest absolute Gasteiger partial charge is 0.317 e. The molecule has 0 aromatic carbocycles. The van der Waals surface area contributed by atoms with Crippen molar-refractivity contribution in [3.05, 3.63) is 0 Å². The summed E-state index contributed by atoms with van der Waals surface area (Å²) in [6.45, 7) is 0.874. The number of hydrogen-bond donors (Lipinski definition) is 2. The third-order valence-electron chi connectivity index (χ3n) is 5.28. The summed E-state index contributed by atoms with van der Waals surface area (Å²) in [4.78, 5) is 25.8. The standard InChI is InChI=1S/C17H31N3O2/c1-18-16(21)14-8-10-15(11-9-14)19-17(22)20(2)12-13-6-4-3-5-7-13/h13-15H,3-12H2,1-2H3,(H,18,21)(H,19,22). The van der Waals surface area contributed by atoms with Crippen LogP contribution in [0.4, 0.5) is 4.79 Å². The number of amides is 3. The number of nitrogens with one attached hydrogen (secondary N) is 2. The molecule has 5 nitrogen and oxygen atoms in total. The van der Waals surface area contributed by atoms with Gasteiger partial charge in [0.1, 0.15) is 0 Å². The van der Waals surface area contributed by atoms with Gasteiger partial charge in [0.05, 0.1) is 0 Å². The van der Waals surface area contributed by atoms with Crippen molar-refractivity contribution in [2.45, 2.75) is 63.8 Å². The van der Waals surface area contributed by atoms with Crippen LogP contribution in [0.25, 0.3) is 0 Å². The van der Waals surface area contributed by atoms with Crippen molar-refractivity contribution in [3.63, 3.8) is 0 Å². The van der Waals surface area contributed by atoms with E-state index in [0.717, 1.165) is 32.2 Å². The highest BCUT2D eigenvalue weighted by Crippen LogP contribution is 2.26. The van der Waals surface area contributed by atoms with Gasteiger partial charge in [-0.3, -0.25) is 4.79 Å². The zero-order valence-electron chi connectivity index (χ0n) is 14.1. The Bertz CT molecular complexity index is 372. The minimum absolute atomic E-state index is 0.0500. The van der Waals surface area contributed by atoms with Crippen molar-refractivity contribution < 1.29 is 9.59 Å². The van der Waals surface area contributed by atoms with Crippen molar-refractivity contribution in [2.75, 3.05) is 20.6 Å². The molecule has 126 valence electrons. The Morgan fingerprint density at radius 1 is 1.00 bits per heavy atom. The monoisotopic (exact) mass is 309 g/mol. The summed E-state index contributed by atoms with van der Waals surface area (Å²) in [5.41, 5.74) is 0. The first-order valence-corrected chi connectivity index (χ1v) is 8.83. The zero-order chi connectivity index (χ0) is 15.9. The Balaban J connectivity index is 1.69. The van der Waals surface area contributed by atoms with Crippen LogP contribution in [0.3, 0.4) is 0 Å². The molecule has 22 heavy (non-hydrogen) atoms.